The molecule has 0 unspecified atom stereocenters. The van der Waals surface area contributed by atoms with Gasteiger partial charge in [0.25, 0.3) is 0 Å². The second-order valence-corrected chi connectivity index (χ2v) is 6.15. The Bertz CT molecular complexity index is 401. The summed E-state index contributed by atoms with van der Waals surface area (Å²) in [6.45, 7) is 3.38. The topological polar surface area (TPSA) is 31.4 Å². The minimum absolute atomic E-state index is 0.190. The molecule has 2 fully saturated rings. The SMILES string of the molecule is CN1C=CN([C@H]2CO[C@H]3[C@@H]2OC[C@@H]3N2C=CN(C)C2)C1. The molecule has 20 heavy (non-hydrogen) atoms. The van der Waals surface area contributed by atoms with E-state index >= 15 is 0 Å². The molecule has 0 aliphatic carbocycles. The summed E-state index contributed by atoms with van der Waals surface area (Å²) >= 11 is 0. The minimum Gasteiger partial charge on any atom is -0.371 e. The van der Waals surface area contributed by atoms with Gasteiger partial charge in [-0.15, -0.1) is 0 Å². The van der Waals surface area contributed by atoms with Crippen LogP contribution < -0.4 is 0 Å². The highest BCUT2D eigenvalue weighted by Gasteiger charge is 2.51. The molecule has 2 saturated heterocycles. The van der Waals surface area contributed by atoms with E-state index in [1.54, 1.807) is 0 Å². The summed E-state index contributed by atoms with van der Waals surface area (Å²) < 4.78 is 12.2. The fourth-order valence-corrected chi connectivity index (χ4v) is 3.56. The summed E-state index contributed by atoms with van der Waals surface area (Å²) in [7, 11) is 4.18. The fourth-order valence-electron chi connectivity index (χ4n) is 3.56. The maximum Gasteiger partial charge on any atom is 0.108 e. The number of hydrogen-bond acceptors (Lipinski definition) is 6. The molecule has 0 spiro atoms. The molecule has 0 aromatic heterocycles. The maximum atomic E-state index is 6.08. The highest BCUT2D eigenvalue weighted by molar-refractivity contribution is 5.07. The van der Waals surface area contributed by atoms with Gasteiger partial charge in [-0.2, -0.15) is 0 Å². The molecule has 4 rings (SSSR count). The smallest absolute Gasteiger partial charge is 0.108 e. The van der Waals surface area contributed by atoms with Crippen molar-refractivity contribution in [3.8, 4) is 0 Å². The van der Waals surface area contributed by atoms with Gasteiger partial charge in [0.15, 0.2) is 0 Å². The molecule has 0 radical (unpaired) electrons. The minimum atomic E-state index is 0.190. The van der Waals surface area contributed by atoms with Crippen molar-refractivity contribution in [2.24, 2.45) is 0 Å². The highest BCUT2D eigenvalue weighted by Crippen LogP contribution is 2.34. The van der Waals surface area contributed by atoms with E-state index in [2.05, 4.69) is 58.5 Å². The summed E-state index contributed by atoms with van der Waals surface area (Å²) in [5, 5.41) is 0. The molecule has 6 heteroatoms. The van der Waals surface area contributed by atoms with E-state index in [4.69, 9.17) is 9.47 Å². The molecule has 4 heterocycles. The third-order valence-corrected chi connectivity index (χ3v) is 4.65. The zero-order valence-corrected chi connectivity index (χ0v) is 12.1. The van der Waals surface area contributed by atoms with Crippen molar-refractivity contribution in [3.63, 3.8) is 0 Å². The highest BCUT2D eigenvalue weighted by atomic mass is 16.6. The van der Waals surface area contributed by atoms with Crippen LogP contribution in [0.2, 0.25) is 0 Å². The van der Waals surface area contributed by atoms with E-state index in [9.17, 15) is 0 Å². The van der Waals surface area contributed by atoms with E-state index in [0.717, 1.165) is 26.6 Å². The first-order valence-corrected chi connectivity index (χ1v) is 7.24. The van der Waals surface area contributed by atoms with Crippen LogP contribution in [0.1, 0.15) is 0 Å². The monoisotopic (exact) mass is 278 g/mol. The van der Waals surface area contributed by atoms with E-state index in [0.29, 0.717) is 12.1 Å². The molecule has 0 aromatic rings. The van der Waals surface area contributed by atoms with Gasteiger partial charge in [0, 0.05) is 38.9 Å². The Morgan fingerprint density at radius 3 is 1.55 bits per heavy atom. The second kappa shape index (κ2) is 4.56. The zero-order chi connectivity index (χ0) is 13.7. The quantitative estimate of drug-likeness (QED) is 0.700. The van der Waals surface area contributed by atoms with Crippen molar-refractivity contribution in [3.05, 3.63) is 24.8 Å². The van der Waals surface area contributed by atoms with E-state index in [1.165, 1.54) is 0 Å². The lowest BCUT2D eigenvalue weighted by Gasteiger charge is -2.28. The van der Waals surface area contributed by atoms with Gasteiger partial charge >= 0.3 is 0 Å². The molecule has 0 bridgehead atoms. The van der Waals surface area contributed by atoms with Crippen molar-refractivity contribution < 1.29 is 9.47 Å². The fraction of sp³-hybridized carbons (Fsp3) is 0.714. The molecule has 0 saturated carbocycles. The van der Waals surface area contributed by atoms with Crippen molar-refractivity contribution in [2.45, 2.75) is 24.3 Å². The Labute approximate surface area is 119 Å². The lowest BCUT2D eigenvalue weighted by Crippen LogP contribution is -2.45. The van der Waals surface area contributed by atoms with Crippen LogP contribution >= 0.6 is 0 Å². The first-order valence-electron chi connectivity index (χ1n) is 7.24. The lowest BCUT2D eigenvalue weighted by atomic mass is 10.0. The van der Waals surface area contributed by atoms with Gasteiger partial charge in [-0.05, 0) is 0 Å². The Kier molecular flexibility index (Phi) is 2.82. The normalized spacial score (nSPS) is 39.5. The third kappa shape index (κ3) is 1.86. The number of fused-ring (bicyclic) bond motifs is 1. The number of ether oxygens (including phenoxy) is 2. The number of rotatable bonds is 2. The first kappa shape index (κ1) is 12.3. The van der Waals surface area contributed by atoms with Crippen LogP contribution in [0.3, 0.4) is 0 Å². The first-order chi connectivity index (χ1) is 9.72. The van der Waals surface area contributed by atoms with Gasteiger partial charge in [0.1, 0.15) is 12.2 Å². The van der Waals surface area contributed by atoms with Crippen LogP contribution in [0.4, 0.5) is 0 Å². The Balaban J connectivity index is 1.45. The summed E-state index contributed by atoms with van der Waals surface area (Å²) in [6, 6.07) is 0.686. The number of hydrogen-bond donors (Lipinski definition) is 0. The van der Waals surface area contributed by atoms with Crippen LogP contribution in [0.5, 0.6) is 0 Å². The molecule has 4 aliphatic rings. The summed E-state index contributed by atoms with van der Waals surface area (Å²) in [6.07, 6.45) is 8.90. The molecule has 4 aliphatic heterocycles. The summed E-state index contributed by atoms with van der Waals surface area (Å²) in [5.74, 6) is 0. The van der Waals surface area contributed by atoms with Gasteiger partial charge < -0.3 is 29.1 Å². The van der Waals surface area contributed by atoms with Gasteiger partial charge in [-0.25, -0.2) is 0 Å². The van der Waals surface area contributed by atoms with Crippen molar-refractivity contribution >= 4 is 0 Å². The third-order valence-electron chi connectivity index (χ3n) is 4.65. The van der Waals surface area contributed by atoms with Gasteiger partial charge in [-0.3, -0.25) is 0 Å². The summed E-state index contributed by atoms with van der Waals surface area (Å²) in [4.78, 5) is 9.02. The van der Waals surface area contributed by atoms with Crippen LogP contribution in [0.25, 0.3) is 0 Å². The van der Waals surface area contributed by atoms with Crippen LogP contribution in [-0.4, -0.2) is 84.5 Å². The summed E-state index contributed by atoms with van der Waals surface area (Å²) in [5.41, 5.74) is 0. The molecule has 0 aromatic carbocycles. The van der Waals surface area contributed by atoms with Gasteiger partial charge in [0.2, 0.25) is 0 Å². The molecule has 4 atom stereocenters. The molecule has 0 amide bonds. The predicted octanol–water partition coefficient (Wildman–Crippen LogP) is -0.127. The largest absolute Gasteiger partial charge is 0.371 e. The average molecular weight is 278 g/mol. The van der Waals surface area contributed by atoms with E-state index in [-0.39, 0.29) is 12.2 Å². The average Bonchev–Trinajstić information content (AvgIpc) is 3.12. The van der Waals surface area contributed by atoms with Crippen LogP contribution in [0.15, 0.2) is 24.8 Å². The van der Waals surface area contributed by atoms with Crippen LogP contribution in [-0.2, 0) is 9.47 Å². The predicted molar refractivity (Wildman–Crippen MR) is 74.3 cm³/mol. The Morgan fingerprint density at radius 2 is 1.20 bits per heavy atom. The van der Waals surface area contributed by atoms with E-state index in [1.807, 2.05) is 0 Å². The van der Waals surface area contributed by atoms with Gasteiger partial charge in [0.05, 0.1) is 38.6 Å². The Hall–Kier alpha value is -1.40. The standard InChI is InChI=1S/C14H22N4O2/c1-15-3-5-17(9-15)11-7-19-14-12(8-20-13(11)14)18-6-4-16(2)10-18/h3-6,11-14H,7-10H2,1-2H3/t11-,12-,13+,14+/m0/s1. The lowest BCUT2D eigenvalue weighted by molar-refractivity contribution is 0.0485. The maximum absolute atomic E-state index is 6.08. The van der Waals surface area contributed by atoms with Crippen molar-refractivity contribution in [1.29, 1.82) is 0 Å². The van der Waals surface area contributed by atoms with Crippen molar-refractivity contribution in [2.75, 3.05) is 40.6 Å². The molecule has 0 N–H and O–H groups in total. The van der Waals surface area contributed by atoms with E-state index < -0.39 is 0 Å². The molecular formula is C14H22N4O2. The second-order valence-electron chi connectivity index (χ2n) is 6.15. The zero-order valence-electron chi connectivity index (χ0n) is 12.1. The molecular weight excluding hydrogens is 256 g/mol. The Morgan fingerprint density at radius 1 is 0.750 bits per heavy atom. The molecule has 110 valence electrons. The van der Waals surface area contributed by atoms with Gasteiger partial charge in [-0.1, -0.05) is 0 Å². The van der Waals surface area contributed by atoms with Crippen molar-refractivity contribution in [1.82, 2.24) is 19.6 Å². The van der Waals surface area contributed by atoms with Crippen LogP contribution in [0, 0.1) is 0 Å². The number of nitrogens with zero attached hydrogens (tertiary/aromatic N) is 4. The molecule has 6 nitrogen and oxygen atoms in total.